The second-order valence-corrected chi connectivity index (χ2v) is 9.87. The summed E-state index contributed by atoms with van der Waals surface area (Å²) in [4.78, 5) is 20.4. The number of carbonyl (C=O) groups is 1. The van der Waals surface area contributed by atoms with Gasteiger partial charge in [0.1, 0.15) is 5.75 Å². The average Bonchev–Trinajstić information content (AvgIpc) is 3.05. The van der Waals surface area contributed by atoms with E-state index in [2.05, 4.69) is 17.6 Å². The first-order chi connectivity index (χ1) is 16.6. The predicted octanol–water partition coefficient (Wildman–Crippen LogP) is 6.24. The topological polar surface area (TPSA) is 53.9 Å². The number of para-hydroxylation sites is 1. The van der Waals surface area contributed by atoms with Gasteiger partial charge in [0, 0.05) is 39.6 Å². The Balaban J connectivity index is 1.51. The molecule has 0 aromatic heterocycles. The SMILES string of the molecule is COc1ccccc1C1=Nc2cc(C(=O)NN(C)C3CCCCC3)ccc2Sc2ccccc21. The molecule has 0 spiro atoms. The number of nitrogens with one attached hydrogen (secondary N) is 1. The maximum absolute atomic E-state index is 13.1. The van der Waals surface area contributed by atoms with Gasteiger partial charge >= 0.3 is 0 Å². The molecular formula is C28H29N3O2S. The van der Waals surface area contributed by atoms with Crippen LogP contribution < -0.4 is 10.2 Å². The summed E-state index contributed by atoms with van der Waals surface area (Å²) in [5.74, 6) is 0.671. The Kier molecular flexibility index (Phi) is 6.70. The van der Waals surface area contributed by atoms with Crippen LogP contribution in [0.5, 0.6) is 5.75 Å². The first-order valence-electron chi connectivity index (χ1n) is 11.8. The lowest BCUT2D eigenvalue weighted by Crippen LogP contribution is -2.46. The highest BCUT2D eigenvalue weighted by Crippen LogP contribution is 2.42. The highest BCUT2D eigenvalue weighted by Gasteiger charge is 2.23. The Labute approximate surface area is 205 Å². The van der Waals surface area contributed by atoms with Crippen LogP contribution in [0.25, 0.3) is 0 Å². The molecule has 1 N–H and O–H groups in total. The van der Waals surface area contributed by atoms with E-state index in [0.717, 1.165) is 50.9 Å². The maximum Gasteiger partial charge on any atom is 0.265 e. The highest BCUT2D eigenvalue weighted by atomic mass is 32.2. The normalized spacial score (nSPS) is 15.7. The van der Waals surface area contributed by atoms with Crippen molar-refractivity contribution in [2.45, 2.75) is 47.9 Å². The molecule has 5 nitrogen and oxygen atoms in total. The van der Waals surface area contributed by atoms with Gasteiger partial charge in [0.15, 0.2) is 0 Å². The van der Waals surface area contributed by atoms with E-state index in [1.165, 1.54) is 19.3 Å². The molecule has 6 heteroatoms. The van der Waals surface area contributed by atoms with Gasteiger partial charge in [-0.3, -0.25) is 10.2 Å². The van der Waals surface area contributed by atoms with Crippen molar-refractivity contribution in [3.63, 3.8) is 0 Å². The number of aliphatic imine (C=N–C) groups is 1. The molecule has 0 saturated heterocycles. The van der Waals surface area contributed by atoms with Gasteiger partial charge in [-0.25, -0.2) is 10.0 Å². The Morgan fingerprint density at radius 1 is 0.971 bits per heavy atom. The number of ether oxygens (including phenoxy) is 1. The van der Waals surface area contributed by atoms with Crippen molar-refractivity contribution in [1.82, 2.24) is 10.4 Å². The summed E-state index contributed by atoms with van der Waals surface area (Å²) in [5.41, 5.74) is 7.30. The van der Waals surface area contributed by atoms with Crippen LogP contribution in [0.1, 0.15) is 53.6 Å². The first-order valence-corrected chi connectivity index (χ1v) is 12.6. The minimum Gasteiger partial charge on any atom is -0.496 e. The molecule has 174 valence electrons. The number of benzene rings is 3. The molecule has 5 rings (SSSR count). The molecule has 2 aliphatic rings. The monoisotopic (exact) mass is 471 g/mol. The minimum absolute atomic E-state index is 0.100. The summed E-state index contributed by atoms with van der Waals surface area (Å²) in [6.07, 6.45) is 5.99. The van der Waals surface area contributed by atoms with E-state index in [1.54, 1.807) is 18.9 Å². The fraction of sp³-hybridized carbons (Fsp3) is 0.286. The van der Waals surface area contributed by atoms with Crippen molar-refractivity contribution in [3.05, 3.63) is 83.4 Å². The fourth-order valence-corrected chi connectivity index (χ4v) is 5.72. The molecule has 0 radical (unpaired) electrons. The van der Waals surface area contributed by atoms with Crippen LogP contribution in [0.4, 0.5) is 5.69 Å². The van der Waals surface area contributed by atoms with Gasteiger partial charge in [-0.15, -0.1) is 0 Å². The summed E-state index contributed by atoms with van der Waals surface area (Å²) >= 11 is 1.67. The van der Waals surface area contributed by atoms with Gasteiger partial charge in [-0.2, -0.15) is 0 Å². The summed E-state index contributed by atoms with van der Waals surface area (Å²) in [6, 6.07) is 22.4. The molecule has 3 aromatic carbocycles. The molecule has 34 heavy (non-hydrogen) atoms. The van der Waals surface area contributed by atoms with E-state index in [-0.39, 0.29) is 5.91 Å². The molecule has 1 aliphatic carbocycles. The summed E-state index contributed by atoms with van der Waals surface area (Å²) in [7, 11) is 3.65. The summed E-state index contributed by atoms with van der Waals surface area (Å²) in [6.45, 7) is 0. The van der Waals surface area contributed by atoms with E-state index < -0.39 is 0 Å². The van der Waals surface area contributed by atoms with Gasteiger partial charge in [0.05, 0.1) is 18.5 Å². The van der Waals surface area contributed by atoms with Gasteiger partial charge in [0.25, 0.3) is 5.91 Å². The number of fused-ring (bicyclic) bond motifs is 2. The molecule has 1 aliphatic heterocycles. The van der Waals surface area contributed by atoms with E-state index in [9.17, 15) is 4.79 Å². The Bertz CT molecular complexity index is 1230. The van der Waals surface area contributed by atoms with Crippen LogP contribution in [-0.2, 0) is 0 Å². The van der Waals surface area contributed by atoms with Crippen molar-refractivity contribution >= 4 is 29.1 Å². The number of carbonyl (C=O) groups excluding carboxylic acids is 1. The van der Waals surface area contributed by atoms with E-state index in [1.807, 2.05) is 66.7 Å². The Morgan fingerprint density at radius 2 is 1.71 bits per heavy atom. The van der Waals surface area contributed by atoms with Gasteiger partial charge < -0.3 is 4.74 Å². The van der Waals surface area contributed by atoms with Gasteiger partial charge in [0.2, 0.25) is 0 Å². The van der Waals surface area contributed by atoms with Gasteiger partial charge in [-0.1, -0.05) is 61.4 Å². The highest BCUT2D eigenvalue weighted by molar-refractivity contribution is 7.99. The van der Waals surface area contributed by atoms with Crippen molar-refractivity contribution in [1.29, 1.82) is 0 Å². The molecule has 0 unspecified atom stereocenters. The third-order valence-electron chi connectivity index (χ3n) is 6.58. The smallest absolute Gasteiger partial charge is 0.265 e. The zero-order chi connectivity index (χ0) is 23.5. The van der Waals surface area contributed by atoms with Crippen LogP contribution in [0.3, 0.4) is 0 Å². The number of methoxy groups -OCH3 is 1. The standard InChI is InChI=1S/C28H29N3O2S/c1-31(20-10-4-3-5-11-20)30-28(32)19-16-17-26-23(18-19)29-27(21-12-6-8-14-24(21)33-2)22-13-7-9-15-25(22)34-26/h6-9,12-18,20H,3-5,10-11H2,1-2H3,(H,30,32). The van der Waals surface area contributed by atoms with Gasteiger partial charge in [-0.05, 0) is 49.2 Å². The van der Waals surface area contributed by atoms with Crippen molar-refractivity contribution in [3.8, 4) is 5.75 Å². The molecule has 1 saturated carbocycles. The largest absolute Gasteiger partial charge is 0.496 e. The maximum atomic E-state index is 13.1. The summed E-state index contributed by atoms with van der Waals surface area (Å²) < 4.78 is 5.65. The van der Waals surface area contributed by atoms with Crippen LogP contribution in [-0.4, -0.2) is 36.8 Å². The Morgan fingerprint density at radius 3 is 2.50 bits per heavy atom. The molecule has 0 atom stereocenters. The number of rotatable bonds is 5. The molecule has 3 aromatic rings. The van der Waals surface area contributed by atoms with Crippen LogP contribution in [0.2, 0.25) is 0 Å². The number of amides is 1. The fourth-order valence-electron chi connectivity index (χ4n) is 4.71. The number of nitrogens with zero attached hydrogens (tertiary/aromatic N) is 2. The quantitative estimate of drug-likeness (QED) is 0.350. The molecule has 1 heterocycles. The van der Waals surface area contributed by atoms with Crippen LogP contribution in [0, 0.1) is 0 Å². The van der Waals surface area contributed by atoms with Crippen LogP contribution >= 0.6 is 11.8 Å². The summed E-state index contributed by atoms with van der Waals surface area (Å²) in [5, 5.41) is 1.99. The zero-order valence-corrected chi connectivity index (χ0v) is 20.4. The minimum atomic E-state index is -0.100. The number of hydrazine groups is 1. The third-order valence-corrected chi connectivity index (χ3v) is 7.72. The molecular weight excluding hydrogens is 442 g/mol. The second kappa shape index (κ2) is 10.0. The molecule has 0 bridgehead atoms. The molecule has 1 amide bonds. The van der Waals surface area contributed by atoms with Crippen molar-refractivity contribution < 1.29 is 9.53 Å². The first kappa shape index (κ1) is 22.7. The van der Waals surface area contributed by atoms with E-state index in [4.69, 9.17) is 9.73 Å². The Hall–Kier alpha value is -3.09. The lowest BCUT2D eigenvalue weighted by molar-refractivity contribution is 0.0711. The average molecular weight is 472 g/mol. The van der Waals surface area contributed by atoms with Crippen molar-refractivity contribution in [2.24, 2.45) is 4.99 Å². The molecule has 1 fully saturated rings. The van der Waals surface area contributed by atoms with Crippen molar-refractivity contribution in [2.75, 3.05) is 14.2 Å². The number of hydrogen-bond acceptors (Lipinski definition) is 5. The van der Waals surface area contributed by atoms with E-state index in [0.29, 0.717) is 11.6 Å². The second-order valence-electron chi connectivity index (χ2n) is 8.79. The van der Waals surface area contributed by atoms with Crippen LogP contribution in [0.15, 0.2) is 81.5 Å². The zero-order valence-electron chi connectivity index (χ0n) is 19.6. The lowest BCUT2D eigenvalue weighted by Gasteiger charge is -2.31. The lowest BCUT2D eigenvalue weighted by atomic mass is 9.95. The predicted molar refractivity (Wildman–Crippen MR) is 137 cm³/mol. The third kappa shape index (κ3) is 4.61. The van der Waals surface area contributed by atoms with E-state index >= 15 is 0 Å². The number of hydrogen-bond donors (Lipinski definition) is 1.